The van der Waals surface area contributed by atoms with Crippen molar-refractivity contribution in [1.29, 1.82) is 0 Å². The number of cyclic esters (lactones) is 1. The van der Waals surface area contributed by atoms with Crippen LogP contribution in [0, 0.1) is 5.41 Å². The summed E-state index contributed by atoms with van der Waals surface area (Å²) in [6.45, 7) is 8.35. The van der Waals surface area contributed by atoms with E-state index in [9.17, 15) is 9.59 Å². The van der Waals surface area contributed by atoms with Crippen molar-refractivity contribution in [2.45, 2.75) is 46.1 Å². The van der Waals surface area contributed by atoms with Gasteiger partial charge in [0.05, 0.1) is 6.04 Å². The largest absolute Gasteiger partial charge is 0.447 e. The summed E-state index contributed by atoms with van der Waals surface area (Å²) >= 11 is 1.62. The van der Waals surface area contributed by atoms with E-state index in [4.69, 9.17) is 4.74 Å². The SMILES string of the molecule is C[C@H](CC(=O)N1C(=O)OCC1C(C)(C)C)c1ccsc1. The van der Waals surface area contributed by atoms with Crippen LogP contribution in [0.5, 0.6) is 0 Å². The van der Waals surface area contributed by atoms with Crippen LogP contribution in [0.15, 0.2) is 16.8 Å². The van der Waals surface area contributed by atoms with Gasteiger partial charge in [-0.15, -0.1) is 0 Å². The Bertz CT molecular complexity index is 490. The van der Waals surface area contributed by atoms with Crippen LogP contribution in [0.3, 0.4) is 0 Å². The Labute approximate surface area is 123 Å². The molecule has 2 rings (SSSR count). The molecular weight excluding hydrogens is 274 g/mol. The van der Waals surface area contributed by atoms with Crippen LogP contribution < -0.4 is 0 Å². The highest BCUT2D eigenvalue weighted by Crippen LogP contribution is 2.31. The normalized spacial score (nSPS) is 20.9. The first kappa shape index (κ1) is 15.0. The predicted molar refractivity (Wildman–Crippen MR) is 78.8 cm³/mol. The molecule has 0 aliphatic carbocycles. The Kier molecular flexibility index (Phi) is 4.18. The molecule has 0 spiro atoms. The van der Waals surface area contributed by atoms with Crippen molar-refractivity contribution in [3.05, 3.63) is 22.4 Å². The minimum atomic E-state index is -0.507. The second kappa shape index (κ2) is 5.56. The van der Waals surface area contributed by atoms with Crippen LogP contribution in [-0.4, -0.2) is 29.5 Å². The number of nitrogens with zero attached hydrogens (tertiary/aromatic N) is 1. The molecule has 1 aromatic rings. The molecule has 5 heteroatoms. The lowest BCUT2D eigenvalue weighted by atomic mass is 9.86. The molecule has 110 valence electrons. The minimum absolute atomic E-state index is 0.114. The van der Waals surface area contributed by atoms with Crippen LogP contribution in [0.1, 0.15) is 45.6 Å². The molecule has 1 aliphatic rings. The molecule has 20 heavy (non-hydrogen) atoms. The van der Waals surface area contributed by atoms with Crippen LogP contribution >= 0.6 is 11.3 Å². The van der Waals surface area contributed by atoms with Crippen molar-refractivity contribution in [2.24, 2.45) is 5.41 Å². The van der Waals surface area contributed by atoms with Gasteiger partial charge in [-0.3, -0.25) is 4.79 Å². The molecule has 2 heterocycles. The fraction of sp³-hybridized carbons (Fsp3) is 0.600. The highest BCUT2D eigenvalue weighted by atomic mass is 32.1. The molecular formula is C15H21NO3S. The Morgan fingerprint density at radius 2 is 2.25 bits per heavy atom. The molecule has 4 nitrogen and oxygen atoms in total. The maximum atomic E-state index is 12.4. The van der Waals surface area contributed by atoms with E-state index >= 15 is 0 Å². The lowest BCUT2D eigenvalue weighted by Crippen LogP contribution is -2.46. The Morgan fingerprint density at radius 3 is 2.80 bits per heavy atom. The molecule has 1 saturated heterocycles. The summed E-state index contributed by atoms with van der Waals surface area (Å²) in [7, 11) is 0. The fourth-order valence-corrected chi connectivity index (χ4v) is 3.15. The second-order valence-electron chi connectivity index (χ2n) is 6.38. The van der Waals surface area contributed by atoms with Crippen molar-refractivity contribution < 1.29 is 14.3 Å². The van der Waals surface area contributed by atoms with Crippen LogP contribution in [0.25, 0.3) is 0 Å². The molecule has 0 aromatic carbocycles. The molecule has 1 aromatic heterocycles. The van der Waals surface area contributed by atoms with Gasteiger partial charge in [-0.05, 0) is 33.7 Å². The standard InChI is InChI=1S/C15H21NO3S/c1-10(11-5-6-20-9-11)7-13(17)16-12(15(2,3)4)8-19-14(16)18/h5-6,9-10,12H,7-8H2,1-4H3/t10-,12?/m1/s1. The second-order valence-corrected chi connectivity index (χ2v) is 7.16. The molecule has 0 bridgehead atoms. The van der Waals surface area contributed by atoms with E-state index in [0.29, 0.717) is 13.0 Å². The number of amides is 2. The van der Waals surface area contributed by atoms with Crippen LogP contribution in [0.4, 0.5) is 4.79 Å². The van der Waals surface area contributed by atoms with Gasteiger partial charge < -0.3 is 4.74 Å². The topological polar surface area (TPSA) is 46.6 Å². The first-order valence-corrected chi connectivity index (χ1v) is 7.76. The van der Waals surface area contributed by atoms with E-state index < -0.39 is 6.09 Å². The Hall–Kier alpha value is -1.36. The number of hydrogen-bond donors (Lipinski definition) is 0. The first-order chi connectivity index (χ1) is 9.30. The van der Waals surface area contributed by atoms with Gasteiger partial charge in [0.1, 0.15) is 6.61 Å². The summed E-state index contributed by atoms with van der Waals surface area (Å²) in [6, 6.07) is 1.84. The number of imide groups is 1. The average molecular weight is 295 g/mol. The van der Waals surface area contributed by atoms with Crippen LogP contribution in [-0.2, 0) is 9.53 Å². The third-order valence-electron chi connectivity index (χ3n) is 3.73. The van der Waals surface area contributed by atoms with Crippen LogP contribution in [0.2, 0.25) is 0 Å². The molecule has 2 atom stereocenters. The Morgan fingerprint density at radius 1 is 1.55 bits per heavy atom. The fourth-order valence-electron chi connectivity index (χ4n) is 2.37. The smallest absolute Gasteiger partial charge is 0.416 e. The molecule has 0 saturated carbocycles. The minimum Gasteiger partial charge on any atom is -0.447 e. The quantitative estimate of drug-likeness (QED) is 0.855. The lowest BCUT2D eigenvalue weighted by molar-refractivity contribution is -0.130. The Balaban J connectivity index is 2.09. The summed E-state index contributed by atoms with van der Waals surface area (Å²) in [4.78, 5) is 25.6. The number of hydrogen-bond acceptors (Lipinski definition) is 4. The van der Waals surface area contributed by atoms with Gasteiger partial charge in [-0.2, -0.15) is 11.3 Å². The lowest BCUT2D eigenvalue weighted by Gasteiger charge is -2.31. The van der Waals surface area contributed by atoms with Gasteiger partial charge in [0.25, 0.3) is 0 Å². The zero-order valence-electron chi connectivity index (χ0n) is 12.4. The highest BCUT2D eigenvalue weighted by molar-refractivity contribution is 7.07. The first-order valence-electron chi connectivity index (χ1n) is 6.81. The van der Waals surface area contributed by atoms with Crippen molar-refractivity contribution in [3.8, 4) is 0 Å². The maximum Gasteiger partial charge on any atom is 0.416 e. The van der Waals surface area contributed by atoms with Gasteiger partial charge in [-0.25, -0.2) is 9.69 Å². The van der Waals surface area contributed by atoms with Gasteiger partial charge in [-0.1, -0.05) is 27.7 Å². The molecule has 0 N–H and O–H groups in total. The van der Waals surface area contributed by atoms with E-state index in [1.54, 1.807) is 11.3 Å². The van der Waals surface area contributed by atoms with Crippen molar-refractivity contribution in [3.63, 3.8) is 0 Å². The maximum absolute atomic E-state index is 12.4. The third kappa shape index (κ3) is 3.03. The number of carbonyl (C=O) groups is 2. The molecule has 0 radical (unpaired) electrons. The number of ether oxygens (including phenoxy) is 1. The summed E-state index contributed by atoms with van der Waals surface area (Å²) in [5, 5.41) is 4.04. The summed E-state index contributed by atoms with van der Waals surface area (Å²) in [5.41, 5.74) is 0.969. The van der Waals surface area contributed by atoms with Gasteiger partial charge in [0, 0.05) is 6.42 Å². The zero-order chi connectivity index (χ0) is 14.9. The zero-order valence-corrected chi connectivity index (χ0v) is 13.2. The van der Waals surface area contributed by atoms with E-state index in [1.807, 2.05) is 44.5 Å². The summed E-state index contributed by atoms with van der Waals surface area (Å²) in [6.07, 6.45) is -0.175. The van der Waals surface area contributed by atoms with Crippen molar-refractivity contribution in [1.82, 2.24) is 4.90 Å². The monoisotopic (exact) mass is 295 g/mol. The van der Waals surface area contributed by atoms with E-state index in [2.05, 4.69) is 0 Å². The number of rotatable bonds is 3. The van der Waals surface area contributed by atoms with Gasteiger partial charge in [0.15, 0.2) is 0 Å². The third-order valence-corrected chi connectivity index (χ3v) is 4.44. The number of carbonyl (C=O) groups excluding carboxylic acids is 2. The molecule has 2 amide bonds. The molecule has 1 aliphatic heterocycles. The summed E-state index contributed by atoms with van der Waals surface area (Å²) < 4.78 is 5.07. The molecule has 1 fully saturated rings. The van der Waals surface area contributed by atoms with E-state index in [1.165, 1.54) is 4.90 Å². The highest BCUT2D eigenvalue weighted by Gasteiger charge is 2.44. The van der Waals surface area contributed by atoms with Crippen molar-refractivity contribution >= 4 is 23.3 Å². The predicted octanol–water partition coefficient (Wildman–Crippen LogP) is 3.64. The molecule has 1 unspecified atom stereocenters. The average Bonchev–Trinajstić information content (AvgIpc) is 2.95. The van der Waals surface area contributed by atoms with Crippen molar-refractivity contribution in [2.75, 3.05) is 6.61 Å². The van der Waals surface area contributed by atoms with Gasteiger partial charge in [0.2, 0.25) is 5.91 Å². The van der Waals surface area contributed by atoms with Gasteiger partial charge >= 0.3 is 6.09 Å². The van der Waals surface area contributed by atoms with E-state index in [0.717, 1.165) is 5.56 Å². The van der Waals surface area contributed by atoms with E-state index in [-0.39, 0.29) is 23.3 Å². The number of thiophene rings is 1. The summed E-state index contributed by atoms with van der Waals surface area (Å²) in [5.74, 6) is -0.0334.